The lowest BCUT2D eigenvalue weighted by molar-refractivity contribution is -0.121. The van der Waals surface area contributed by atoms with Gasteiger partial charge in [-0.1, -0.05) is 47.5 Å². The molecule has 5 heterocycles. The summed E-state index contributed by atoms with van der Waals surface area (Å²) in [5.74, 6) is -0.664. The second kappa shape index (κ2) is 25.6. The Balaban J connectivity index is 0.000000279. The number of amides is 4. The first-order chi connectivity index (χ1) is 30.6. The molecule has 0 bridgehead atoms. The SMILES string of the molecule is Cl.Cl.Cl.Cl.NC1CCC(C(=O)Nc2c(C(=O)Nc3ccc(Cl)cn3)oc3ccccc23)CC1.O=C(Nc1ccc(Cl)cn1)c1oc2ccccc2c1NC(=O)C1CCC(N2CCOCC2)CC1. The average molecular weight is 1040 g/mol. The van der Waals surface area contributed by atoms with Crippen LogP contribution in [0.5, 0.6) is 0 Å². The van der Waals surface area contributed by atoms with E-state index in [1.165, 1.54) is 12.4 Å². The predicted molar refractivity (Wildman–Crippen MR) is 271 cm³/mol. The lowest BCUT2D eigenvalue weighted by Crippen LogP contribution is -2.45. The summed E-state index contributed by atoms with van der Waals surface area (Å²) in [6.45, 7) is 3.49. The van der Waals surface area contributed by atoms with Crippen LogP contribution in [0.4, 0.5) is 23.0 Å². The Morgan fingerprint density at radius 1 is 0.567 bits per heavy atom. The second-order valence-corrected chi connectivity index (χ2v) is 16.9. The fraction of sp³-hybridized carbons (Fsp3) is 0.348. The molecular weight excluding hydrogens is 989 g/mol. The highest BCUT2D eigenvalue weighted by molar-refractivity contribution is 6.30. The van der Waals surface area contributed by atoms with Crippen molar-refractivity contribution in [3.05, 3.63) is 107 Å². The van der Waals surface area contributed by atoms with Gasteiger partial charge in [0.05, 0.1) is 23.3 Å². The number of nitrogens with zero attached hydrogens (tertiary/aromatic N) is 3. The number of benzene rings is 2. The molecule has 21 heteroatoms. The number of rotatable bonds is 9. The molecule has 4 aromatic heterocycles. The summed E-state index contributed by atoms with van der Waals surface area (Å²) >= 11 is 11.7. The molecule has 15 nitrogen and oxygen atoms in total. The minimum Gasteiger partial charge on any atom is -0.449 e. The van der Waals surface area contributed by atoms with Crippen molar-refractivity contribution >= 4 is 141 Å². The number of morpholine rings is 1. The highest BCUT2D eigenvalue weighted by Gasteiger charge is 2.32. The Morgan fingerprint density at radius 2 is 0.985 bits per heavy atom. The second-order valence-electron chi connectivity index (χ2n) is 16.0. The molecule has 1 aliphatic heterocycles. The number of hydrogen-bond donors (Lipinski definition) is 5. The molecule has 6 N–H and O–H groups in total. The van der Waals surface area contributed by atoms with E-state index >= 15 is 0 Å². The monoisotopic (exact) mass is 1040 g/mol. The van der Waals surface area contributed by atoms with Crippen molar-refractivity contribution in [1.29, 1.82) is 0 Å². The van der Waals surface area contributed by atoms with Gasteiger partial charge in [-0.3, -0.25) is 24.1 Å². The molecule has 2 aromatic carbocycles. The third kappa shape index (κ3) is 13.7. The van der Waals surface area contributed by atoms with Crippen LogP contribution in [0.3, 0.4) is 0 Å². The van der Waals surface area contributed by atoms with Gasteiger partial charge in [-0.15, -0.1) is 49.6 Å². The number of anilines is 4. The van der Waals surface area contributed by atoms with Gasteiger partial charge in [0, 0.05) is 60.2 Å². The number of para-hydroxylation sites is 2. The molecule has 9 rings (SSSR count). The van der Waals surface area contributed by atoms with Gasteiger partial charge in [-0.05, 0) is 99.9 Å². The Labute approximate surface area is 422 Å². The van der Waals surface area contributed by atoms with Crippen LogP contribution in [0.1, 0.15) is 72.5 Å². The van der Waals surface area contributed by atoms with Crippen LogP contribution in [-0.4, -0.2) is 76.9 Å². The Morgan fingerprint density at radius 3 is 1.40 bits per heavy atom. The molecule has 0 spiro atoms. The molecule has 67 heavy (non-hydrogen) atoms. The van der Waals surface area contributed by atoms with E-state index < -0.39 is 11.8 Å². The van der Waals surface area contributed by atoms with Crippen LogP contribution in [0.15, 0.2) is 94.0 Å². The Bertz CT molecular complexity index is 2580. The standard InChI is InChI=1S/C25H27ClN4O4.C21H21ClN4O3.4ClH/c26-17-7-10-21(27-15-17)28-25(32)23-22(19-3-1-2-4-20(19)34-23)29-24(31)16-5-8-18(9-6-16)30-11-13-33-14-12-30;22-13-7-10-17(24-11-13)25-21(28)19-18(15-3-1-2-4-16(15)29-19)26-20(27)12-5-8-14(23)9-6-12;;;;/h1-4,7,10,15-16,18H,5-6,8-9,11-14H2,(H,29,31)(H,27,28,32);1-4,7,10-12,14H,5-6,8-9,23H2,(H,26,27)(H,24,25,28);4*1H. The maximum Gasteiger partial charge on any atom is 0.294 e. The van der Waals surface area contributed by atoms with Crippen LogP contribution in [0, 0.1) is 11.8 Å². The molecule has 0 unspecified atom stereocenters. The van der Waals surface area contributed by atoms with E-state index in [1.807, 2.05) is 36.4 Å². The van der Waals surface area contributed by atoms with Crippen LogP contribution in [0.2, 0.25) is 10.0 Å². The number of pyridine rings is 2. The zero-order chi connectivity index (χ0) is 43.9. The number of fused-ring (bicyclic) bond motifs is 2. The van der Waals surface area contributed by atoms with Crippen molar-refractivity contribution in [2.45, 2.75) is 63.5 Å². The van der Waals surface area contributed by atoms with Crippen LogP contribution in [0.25, 0.3) is 21.9 Å². The number of nitrogens with one attached hydrogen (secondary N) is 4. The maximum atomic E-state index is 13.2. The predicted octanol–water partition coefficient (Wildman–Crippen LogP) is 10.4. The van der Waals surface area contributed by atoms with E-state index in [9.17, 15) is 19.2 Å². The van der Waals surface area contributed by atoms with Crippen molar-refractivity contribution < 1.29 is 32.7 Å². The Kier molecular flexibility index (Phi) is 21.0. The molecule has 2 saturated carbocycles. The summed E-state index contributed by atoms with van der Waals surface area (Å²) < 4.78 is 17.1. The first-order valence-electron chi connectivity index (χ1n) is 21.2. The number of nitrogens with two attached hydrogens (primary N) is 1. The highest BCUT2D eigenvalue weighted by atomic mass is 35.5. The smallest absolute Gasteiger partial charge is 0.294 e. The number of ether oxygens (including phenoxy) is 1. The Hall–Kier alpha value is -4.68. The van der Waals surface area contributed by atoms with Crippen LogP contribution in [-0.2, 0) is 14.3 Å². The summed E-state index contributed by atoms with van der Waals surface area (Å²) in [6, 6.07) is 21.6. The molecule has 2 aliphatic carbocycles. The molecule has 3 aliphatic rings. The van der Waals surface area contributed by atoms with Gasteiger partial charge in [0.2, 0.25) is 23.3 Å². The summed E-state index contributed by atoms with van der Waals surface area (Å²) in [4.78, 5) is 62.6. The molecule has 1 saturated heterocycles. The van der Waals surface area contributed by atoms with E-state index in [1.54, 1.807) is 36.4 Å². The summed E-state index contributed by atoms with van der Waals surface area (Å²) in [5.41, 5.74) is 7.75. The van der Waals surface area contributed by atoms with Crippen LogP contribution < -0.4 is 27.0 Å². The number of hydrogen-bond acceptors (Lipinski definition) is 11. The topological polar surface area (TPSA) is 207 Å². The molecule has 4 amide bonds. The summed E-state index contributed by atoms with van der Waals surface area (Å²) in [5, 5.41) is 13.6. The minimum atomic E-state index is -0.503. The fourth-order valence-corrected chi connectivity index (χ4v) is 8.61. The molecular formula is C46H52Cl6N8O7. The van der Waals surface area contributed by atoms with E-state index in [2.05, 4.69) is 36.1 Å². The van der Waals surface area contributed by atoms with E-state index in [4.69, 9.17) is 42.5 Å². The van der Waals surface area contributed by atoms with E-state index in [0.717, 1.165) is 77.7 Å². The van der Waals surface area contributed by atoms with Crippen LogP contribution >= 0.6 is 72.8 Å². The molecule has 0 atom stereocenters. The van der Waals surface area contributed by atoms with Crippen molar-refractivity contribution in [2.75, 3.05) is 47.6 Å². The van der Waals surface area contributed by atoms with Crippen molar-refractivity contribution in [2.24, 2.45) is 17.6 Å². The lowest BCUT2D eigenvalue weighted by Gasteiger charge is -2.38. The quantitative estimate of drug-likeness (QED) is 0.0921. The third-order valence-electron chi connectivity index (χ3n) is 11.8. The molecule has 360 valence electrons. The zero-order valence-corrected chi connectivity index (χ0v) is 40.8. The van der Waals surface area contributed by atoms with Gasteiger partial charge in [0.15, 0.2) is 0 Å². The fourth-order valence-electron chi connectivity index (χ4n) is 8.38. The molecule has 3 fully saturated rings. The highest BCUT2D eigenvalue weighted by Crippen LogP contribution is 2.36. The number of aromatic nitrogens is 2. The summed E-state index contributed by atoms with van der Waals surface area (Å²) in [7, 11) is 0. The average Bonchev–Trinajstić information content (AvgIpc) is 3.87. The van der Waals surface area contributed by atoms with E-state index in [0.29, 0.717) is 61.0 Å². The summed E-state index contributed by atoms with van der Waals surface area (Å²) in [6.07, 6.45) is 9.61. The number of carbonyl (C=O) groups is 4. The normalized spacial score (nSPS) is 19.1. The largest absolute Gasteiger partial charge is 0.449 e. The van der Waals surface area contributed by atoms with Gasteiger partial charge in [0.25, 0.3) is 11.8 Å². The third-order valence-corrected chi connectivity index (χ3v) is 12.3. The number of carbonyl (C=O) groups excluding carboxylic acids is 4. The molecule has 0 radical (unpaired) electrons. The first-order valence-corrected chi connectivity index (χ1v) is 21.9. The van der Waals surface area contributed by atoms with Gasteiger partial charge in [-0.25, -0.2) is 9.97 Å². The lowest BCUT2D eigenvalue weighted by atomic mass is 9.84. The minimum absolute atomic E-state index is 0. The van der Waals surface area contributed by atoms with Gasteiger partial charge < -0.3 is 40.6 Å². The molecule has 6 aromatic rings. The maximum absolute atomic E-state index is 13.2. The van der Waals surface area contributed by atoms with E-state index in [-0.39, 0.29) is 90.8 Å². The first kappa shape index (κ1) is 54.9. The zero-order valence-electron chi connectivity index (χ0n) is 36.0. The van der Waals surface area contributed by atoms with Gasteiger partial charge in [-0.2, -0.15) is 0 Å². The number of halogens is 6. The van der Waals surface area contributed by atoms with Gasteiger partial charge >= 0.3 is 0 Å². The van der Waals surface area contributed by atoms with Crippen molar-refractivity contribution in [3.63, 3.8) is 0 Å². The van der Waals surface area contributed by atoms with Gasteiger partial charge in [0.1, 0.15) is 34.2 Å². The van der Waals surface area contributed by atoms with Crippen molar-refractivity contribution in [3.8, 4) is 0 Å². The van der Waals surface area contributed by atoms with Crippen molar-refractivity contribution in [1.82, 2.24) is 14.9 Å². The number of furan rings is 2.